The maximum atomic E-state index is 4.26. The Morgan fingerprint density at radius 2 is 1.95 bits per heavy atom. The molecule has 0 amide bonds. The van der Waals surface area contributed by atoms with Crippen molar-refractivity contribution in [3.05, 3.63) is 29.3 Å². The minimum Gasteiger partial charge on any atom is -0.310 e. The first-order valence-corrected chi connectivity index (χ1v) is 8.40. The summed E-state index contributed by atoms with van der Waals surface area (Å²) in [6, 6.07) is 8.46. The molecule has 0 saturated carbocycles. The third-order valence-corrected chi connectivity index (χ3v) is 4.35. The van der Waals surface area contributed by atoms with E-state index in [4.69, 9.17) is 0 Å². The summed E-state index contributed by atoms with van der Waals surface area (Å²) >= 11 is 3.41. The van der Waals surface area contributed by atoms with Gasteiger partial charge in [-0.25, -0.2) is 0 Å². The van der Waals surface area contributed by atoms with Crippen molar-refractivity contribution < 1.29 is 0 Å². The Morgan fingerprint density at radius 1 is 1.21 bits per heavy atom. The second-order valence-corrected chi connectivity index (χ2v) is 6.70. The lowest BCUT2D eigenvalue weighted by atomic mass is 10.2. The van der Waals surface area contributed by atoms with Crippen molar-refractivity contribution in [3.8, 4) is 10.6 Å². The van der Waals surface area contributed by atoms with Crippen molar-refractivity contribution in [2.45, 2.75) is 25.3 Å². The van der Waals surface area contributed by atoms with Crippen molar-refractivity contribution in [2.24, 2.45) is 5.92 Å². The van der Waals surface area contributed by atoms with E-state index >= 15 is 0 Å². The van der Waals surface area contributed by atoms with Gasteiger partial charge in [-0.3, -0.25) is 0 Å². The van der Waals surface area contributed by atoms with Gasteiger partial charge in [0, 0.05) is 17.0 Å². The van der Waals surface area contributed by atoms with Crippen molar-refractivity contribution in [1.29, 1.82) is 0 Å². The molecule has 0 fully saturated rings. The lowest BCUT2D eigenvalue weighted by Gasteiger charge is -2.04. The van der Waals surface area contributed by atoms with Crippen LogP contribution in [0.4, 0.5) is 0 Å². The Bertz CT molecular complexity index is 506. The second kappa shape index (κ2) is 7.03. The normalized spacial score (nSPS) is 11.2. The van der Waals surface area contributed by atoms with E-state index < -0.39 is 0 Å². The van der Waals surface area contributed by atoms with Gasteiger partial charge in [0.05, 0.1) is 0 Å². The van der Waals surface area contributed by atoms with Gasteiger partial charge in [-0.2, -0.15) is 0 Å². The smallest absolute Gasteiger partial charge is 0.147 e. The summed E-state index contributed by atoms with van der Waals surface area (Å²) in [7, 11) is 0. The number of thioether (sulfide) groups is 1. The van der Waals surface area contributed by atoms with Gasteiger partial charge in [-0.05, 0) is 30.9 Å². The largest absolute Gasteiger partial charge is 0.310 e. The molecule has 0 saturated heterocycles. The van der Waals surface area contributed by atoms with E-state index in [-0.39, 0.29) is 0 Å². The Hall–Kier alpha value is -0.910. The first kappa shape index (κ1) is 14.5. The fourth-order valence-corrected chi connectivity index (χ4v) is 2.87. The van der Waals surface area contributed by atoms with Crippen molar-refractivity contribution >= 4 is 23.1 Å². The van der Waals surface area contributed by atoms with E-state index in [1.54, 1.807) is 23.1 Å². The summed E-state index contributed by atoms with van der Waals surface area (Å²) in [5.41, 5.74) is 1.14. The molecule has 1 aromatic carbocycles. The Labute approximate surface area is 122 Å². The molecule has 0 radical (unpaired) electrons. The molecule has 2 aromatic rings. The molecule has 0 atom stereocenters. The minimum absolute atomic E-state index is 0.659. The van der Waals surface area contributed by atoms with Crippen LogP contribution in [-0.2, 0) is 6.54 Å². The maximum absolute atomic E-state index is 4.26. The number of hydrogen-bond acceptors (Lipinski definition) is 5. The highest BCUT2D eigenvalue weighted by Crippen LogP contribution is 2.25. The summed E-state index contributed by atoms with van der Waals surface area (Å²) in [6.45, 7) is 6.22. The van der Waals surface area contributed by atoms with E-state index in [2.05, 4.69) is 59.9 Å². The maximum Gasteiger partial charge on any atom is 0.147 e. The molecule has 0 unspecified atom stereocenters. The lowest BCUT2D eigenvalue weighted by molar-refractivity contribution is 0.550. The van der Waals surface area contributed by atoms with Crippen LogP contribution in [0.25, 0.3) is 10.6 Å². The van der Waals surface area contributed by atoms with Gasteiger partial charge in [-0.1, -0.05) is 37.3 Å². The fourth-order valence-electron chi connectivity index (χ4n) is 1.64. The van der Waals surface area contributed by atoms with E-state index in [0.717, 1.165) is 28.7 Å². The van der Waals surface area contributed by atoms with Gasteiger partial charge >= 0.3 is 0 Å². The minimum atomic E-state index is 0.659. The van der Waals surface area contributed by atoms with E-state index in [0.29, 0.717) is 5.92 Å². The van der Waals surface area contributed by atoms with Crippen LogP contribution in [0.3, 0.4) is 0 Å². The zero-order valence-corrected chi connectivity index (χ0v) is 13.1. The highest BCUT2D eigenvalue weighted by atomic mass is 32.2. The molecule has 2 rings (SSSR count). The molecule has 1 N–H and O–H groups in total. The first-order valence-electron chi connectivity index (χ1n) is 6.36. The molecule has 102 valence electrons. The standard InChI is InChI=1S/C14H19N3S2/c1-10(2)8-15-9-13-16-17-14(19-13)11-4-6-12(18-3)7-5-11/h4-7,10,15H,8-9H2,1-3H3. The predicted octanol–water partition coefficient (Wildman–Crippen LogP) is 3.67. The van der Waals surface area contributed by atoms with Gasteiger partial charge in [-0.15, -0.1) is 22.0 Å². The van der Waals surface area contributed by atoms with Crippen LogP contribution in [0.2, 0.25) is 0 Å². The van der Waals surface area contributed by atoms with Crippen LogP contribution in [0.1, 0.15) is 18.9 Å². The molecule has 0 aliphatic heterocycles. The van der Waals surface area contributed by atoms with Gasteiger partial charge < -0.3 is 5.32 Å². The lowest BCUT2D eigenvalue weighted by Crippen LogP contribution is -2.18. The molecular formula is C14H19N3S2. The summed E-state index contributed by atoms with van der Waals surface area (Å²) < 4.78 is 0. The quantitative estimate of drug-likeness (QED) is 0.825. The molecule has 5 heteroatoms. The van der Waals surface area contributed by atoms with Gasteiger partial charge in [0.1, 0.15) is 10.0 Å². The third-order valence-electron chi connectivity index (χ3n) is 2.63. The van der Waals surface area contributed by atoms with E-state index in [1.807, 2.05) is 0 Å². The van der Waals surface area contributed by atoms with Gasteiger partial charge in [0.2, 0.25) is 0 Å². The molecule has 0 aliphatic carbocycles. The van der Waals surface area contributed by atoms with Crippen LogP contribution < -0.4 is 5.32 Å². The number of aromatic nitrogens is 2. The molecule has 3 nitrogen and oxygen atoms in total. The molecule has 1 heterocycles. The number of rotatable bonds is 6. The van der Waals surface area contributed by atoms with Crippen LogP contribution in [0.5, 0.6) is 0 Å². The first-order chi connectivity index (χ1) is 9.19. The number of nitrogens with zero attached hydrogens (tertiary/aromatic N) is 2. The Morgan fingerprint density at radius 3 is 2.58 bits per heavy atom. The molecular weight excluding hydrogens is 274 g/mol. The van der Waals surface area contributed by atoms with E-state index in [9.17, 15) is 0 Å². The molecule has 0 spiro atoms. The van der Waals surface area contributed by atoms with Gasteiger partial charge in [0.15, 0.2) is 0 Å². The summed E-state index contributed by atoms with van der Waals surface area (Å²) in [5, 5.41) is 13.9. The topological polar surface area (TPSA) is 37.8 Å². The summed E-state index contributed by atoms with van der Waals surface area (Å²) in [6.07, 6.45) is 2.08. The monoisotopic (exact) mass is 293 g/mol. The van der Waals surface area contributed by atoms with Crippen LogP contribution in [0.15, 0.2) is 29.2 Å². The molecule has 0 bridgehead atoms. The SMILES string of the molecule is CSc1ccc(-c2nnc(CNCC(C)C)s2)cc1. The molecule has 1 aromatic heterocycles. The zero-order valence-electron chi connectivity index (χ0n) is 11.5. The van der Waals surface area contributed by atoms with E-state index in [1.165, 1.54) is 4.90 Å². The Balaban J connectivity index is 1.99. The van der Waals surface area contributed by atoms with Crippen LogP contribution in [0, 0.1) is 5.92 Å². The van der Waals surface area contributed by atoms with Crippen molar-refractivity contribution in [1.82, 2.24) is 15.5 Å². The average Bonchev–Trinajstić information content (AvgIpc) is 2.87. The van der Waals surface area contributed by atoms with Crippen LogP contribution >= 0.6 is 23.1 Å². The third kappa shape index (κ3) is 4.30. The predicted molar refractivity (Wildman–Crippen MR) is 83.7 cm³/mol. The van der Waals surface area contributed by atoms with Gasteiger partial charge in [0.25, 0.3) is 0 Å². The Kier molecular flexibility index (Phi) is 5.36. The number of hydrogen-bond donors (Lipinski definition) is 1. The fraction of sp³-hybridized carbons (Fsp3) is 0.429. The number of benzene rings is 1. The highest BCUT2D eigenvalue weighted by Gasteiger charge is 2.06. The second-order valence-electron chi connectivity index (χ2n) is 4.75. The van der Waals surface area contributed by atoms with Crippen molar-refractivity contribution in [2.75, 3.05) is 12.8 Å². The number of nitrogens with one attached hydrogen (secondary N) is 1. The van der Waals surface area contributed by atoms with Crippen molar-refractivity contribution in [3.63, 3.8) is 0 Å². The summed E-state index contributed by atoms with van der Waals surface area (Å²) in [4.78, 5) is 1.27. The highest BCUT2D eigenvalue weighted by molar-refractivity contribution is 7.98. The average molecular weight is 293 g/mol. The molecule has 19 heavy (non-hydrogen) atoms. The molecule has 0 aliphatic rings. The zero-order chi connectivity index (χ0) is 13.7. The summed E-state index contributed by atoms with van der Waals surface area (Å²) in [5.74, 6) is 0.659. The van der Waals surface area contributed by atoms with Crippen LogP contribution in [-0.4, -0.2) is 23.0 Å².